The summed E-state index contributed by atoms with van der Waals surface area (Å²) in [6.45, 7) is 3.36. The number of amides is 1. The average molecular weight is 390 g/mol. The number of benzene rings is 1. The van der Waals surface area contributed by atoms with E-state index in [-0.39, 0.29) is 18.3 Å². The van der Waals surface area contributed by atoms with Gasteiger partial charge in [-0.05, 0) is 25.5 Å². The van der Waals surface area contributed by atoms with Crippen molar-refractivity contribution in [2.75, 3.05) is 13.1 Å². The van der Waals surface area contributed by atoms with E-state index in [1.165, 1.54) is 0 Å². The molecule has 3 rings (SSSR count). The number of carbonyl (C=O) groups excluding carboxylic acids is 1. The molecule has 0 saturated carbocycles. The molecule has 27 heavy (non-hydrogen) atoms. The summed E-state index contributed by atoms with van der Waals surface area (Å²) < 4.78 is 7.37. The second kappa shape index (κ2) is 9.34. The van der Waals surface area contributed by atoms with Gasteiger partial charge in [-0.3, -0.25) is 9.48 Å². The first kappa shape index (κ1) is 20.7. The number of halogens is 1. The maximum atomic E-state index is 13.1. The third kappa shape index (κ3) is 4.96. The van der Waals surface area contributed by atoms with Gasteiger partial charge in [-0.25, -0.2) is 4.98 Å². The molecule has 0 aliphatic rings. The Morgan fingerprint density at radius 1 is 1.30 bits per heavy atom. The van der Waals surface area contributed by atoms with E-state index in [1.807, 2.05) is 37.4 Å². The second-order valence-electron chi connectivity index (χ2n) is 6.18. The highest BCUT2D eigenvalue weighted by Crippen LogP contribution is 2.22. The number of carbonyl (C=O) groups is 1. The zero-order valence-electron chi connectivity index (χ0n) is 15.5. The quantitative estimate of drug-likeness (QED) is 0.671. The van der Waals surface area contributed by atoms with E-state index in [1.54, 1.807) is 28.9 Å². The van der Waals surface area contributed by atoms with Crippen LogP contribution >= 0.6 is 12.4 Å². The molecule has 0 fully saturated rings. The minimum absolute atomic E-state index is 0. The summed E-state index contributed by atoms with van der Waals surface area (Å²) in [6.07, 6.45) is 4.19. The molecule has 1 amide bonds. The molecule has 0 saturated heterocycles. The SMILES string of the molecule is Cc1oc(-c2cnn(C)c2)nc1C(=O)N(CCCN)Cc1ccccc1.Cl. The van der Waals surface area contributed by atoms with Gasteiger partial charge in [-0.2, -0.15) is 5.10 Å². The van der Waals surface area contributed by atoms with Crippen molar-refractivity contribution in [2.45, 2.75) is 19.9 Å². The van der Waals surface area contributed by atoms with Gasteiger partial charge in [0, 0.05) is 26.3 Å². The van der Waals surface area contributed by atoms with E-state index in [0.717, 1.165) is 17.5 Å². The molecule has 0 aliphatic carbocycles. The molecule has 3 aromatic rings. The topological polar surface area (TPSA) is 90.2 Å². The summed E-state index contributed by atoms with van der Waals surface area (Å²) in [7, 11) is 1.82. The molecule has 1 aromatic carbocycles. The molecule has 0 aliphatic heterocycles. The van der Waals surface area contributed by atoms with Crippen LogP contribution in [0, 0.1) is 6.92 Å². The van der Waals surface area contributed by atoms with Crippen LogP contribution in [-0.4, -0.2) is 38.7 Å². The molecule has 0 radical (unpaired) electrons. The van der Waals surface area contributed by atoms with Gasteiger partial charge in [-0.15, -0.1) is 12.4 Å². The van der Waals surface area contributed by atoms with Gasteiger partial charge in [-0.1, -0.05) is 30.3 Å². The summed E-state index contributed by atoms with van der Waals surface area (Å²) in [5.74, 6) is 0.746. The molecule has 8 heteroatoms. The minimum atomic E-state index is -0.154. The molecule has 0 spiro atoms. The van der Waals surface area contributed by atoms with Crippen LogP contribution < -0.4 is 5.73 Å². The highest BCUT2D eigenvalue weighted by atomic mass is 35.5. The van der Waals surface area contributed by atoms with Gasteiger partial charge in [0.15, 0.2) is 5.69 Å². The maximum absolute atomic E-state index is 13.1. The molecule has 0 unspecified atom stereocenters. The van der Waals surface area contributed by atoms with Crippen LogP contribution in [0.2, 0.25) is 0 Å². The molecule has 0 atom stereocenters. The van der Waals surface area contributed by atoms with Crippen molar-refractivity contribution in [1.82, 2.24) is 19.7 Å². The average Bonchev–Trinajstić information content (AvgIpc) is 3.24. The molecular formula is C19H24ClN5O2. The Labute approximate surface area is 164 Å². The fourth-order valence-corrected chi connectivity index (χ4v) is 2.74. The first-order valence-electron chi connectivity index (χ1n) is 8.58. The van der Waals surface area contributed by atoms with Gasteiger partial charge in [0.2, 0.25) is 5.89 Å². The smallest absolute Gasteiger partial charge is 0.276 e. The normalized spacial score (nSPS) is 10.5. The Morgan fingerprint density at radius 2 is 2.04 bits per heavy atom. The lowest BCUT2D eigenvalue weighted by atomic mass is 10.2. The number of rotatable bonds is 7. The molecule has 0 bridgehead atoms. The van der Waals surface area contributed by atoms with Gasteiger partial charge >= 0.3 is 0 Å². The number of aromatic nitrogens is 3. The summed E-state index contributed by atoms with van der Waals surface area (Å²) in [5, 5.41) is 4.12. The first-order valence-corrected chi connectivity index (χ1v) is 8.58. The fraction of sp³-hybridized carbons (Fsp3) is 0.316. The Hall–Kier alpha value is -2.64. The predicted octanol–water partition coefficient (Wildman–Crippen LogP) is 2.80. The van der Waals surface area contributed by atoms with Crippen LogP contribution in [0.15, 0.2) is 47.1 Å². The third-order valence-corrected chi connectivity index (χ3v) is 4.09. The van der Waals surface area contributed by atoms with Crippen molar-refractivity contribution in [3.05, 3.63) is 59.7 Å². The lowest BCUT2D eigenvalue weighted by Gasteiger charge is -2.22. The van der Waals surface area contributed by atoms with Crippen molar-refractivity contribution in [1.29, 1.82) is 0 Å². The Morgan fingerprint density at radius 3 is 2.67 bits per heavy atom. The second-order valence-corrected chi connectivity index (χ2v) is 6.18. The Kier molecular flexibility index (Phi) is 7.15. The number of nitrogens with two attached hydrogens (primary N) is 1. The minimum Gasteiger partial charge on any atom is -0.440 e. The largest absolute Gasteiger partial charge is 0.440 e. The molecule has 2 aromatic heterocycles. The van der Waals surface area contributed by atoms with Crippen LogP contribution in [0.4, 0.5) is 0 Å². The molecule has 144 valence electrons. The molecule has 2 heterocycles. The van der Waals surface area contributed by atoms with Crippen molar-refractivity contribution in [3.8, 4) is 11.5 Å². The zero-order chi connectivity index (χ0) is 18.5. The number of nitrogens with zero attached hydrogens (tertiary/aromatic N) is 4. The number of aryl methyl sites for hydroxylation is 2. The predicted molar refractivity (Wildman–Crippen MR) is 106 cm³/mol. The summed E-state index contributed by atoms with van der Waals surface area (Å²) >= 11 is 0. The van der Waals surface area contributed by atoms with Crippen LogP contribution in [0.5, 0.6) is 0 Å². The van der Waals surface area contributed by atoms with Crippen LogP contribution in [0.25, 0.3) is 11.5 Å². The molecule has 2 N–H and O–H groups in total. The van der Waals surface area contributed by atoms with Gasteiger partial charge in [0.05, 0.1) is 11.8 Å². The highest BCUT2D eigenvalue weighted by Gasteiger charge is 2.23. The standard InChI is InChI=1S/C19H23N5O2.ClH/c1-14-17(22-18(26-14)16-11-21-23(2)13-16)19(25)24(10-6-9-20)12-15-7-4-3-5-8-15;/h3-5,7-8,11,13H,6,9-10,12,20H2,1-2H3;1H. The van der Waals surface area contributed by atoms with Crippen LogP contribution in [-0.2, 0) is 13.6 Å². The summed E-state index contributed by atoms with van der Waals surface area (Å²) in [5.41, 5.74) is 7.77. The lowest BCUT2D eigenvalue weighted by Crippen LogP contribution is -2.33. The van der Waals surface area contributed by atoms with Crippen LogP contribution in [0.3, 0.4) is 0 Å². The van der Waals surface area contributed by atoms with E-state index in [2.05, 4.69) is 10.1 Å². The number of hydrogen-bond donors (Lipinski definition) is 1. The number of oxazole rings is 1. The van der Waals surface area contributed by atoms with E-state index < -0.39 is 0 Å². The fourth-order valence-electron chi connectivity index (χ4n) is 2.74. The van der Waals surface area contributed by atoms with E-state index in [9.17, 15) is 4.79 Å². The van der Waals surface area contributed by atoms with Gasteiger partial charge in [0.25, 0.3) is 5.91 Å². The molecule has 7 nitrogen and oxygen atoms in total. The highest BCUT2D eigenvalue weighted by molar-refractivity contribution is 5.93. The lowest BCUT2D eigenvalue weighted by molar-refractivity contribution is 0.0735. The Bertz CT molecular complexity index is 875. The Balaban J connectivity index is 0.00000261. The summed E-state index contributed by atoms with van der Waals surface area (Å²) in [4.78, 5) is 19.3. The van der Waals surface area contributed by atoms with Crippen molar-refractivity contribution in [2.24, 2.45) is 12.8 Å². The maximum Gasteiger partial charge on any atom is 0.276 e. The van der Waals surface area contributed by atoms with Gasteiger partial charge in [0.1, 0.15) is 5.76 Å². The number of hydrogen-bond acceptors (Lipinski definition) is 5. The first-order chi connectivity index (χ1) is 12.6. The van der Waals surface area contributed by atoms with E-state index in [0.29, 0.717) is 37.0 Å². The van der Waals surface area contributed by atoms with E-state index in [4.69, 9.17) is 10.2 Å². The molecular weight excluding hydrogens is 366 g/mol. The van der Waals surface area contributed by atoms with Crippen molar-refractivity contribution >= 4 is 18.3 Å². The van der Waals surface area contributed by atoms with Crippen molar-refractivity contribution in [3.63, 3.8) is 0 Å². The van der Waals surface area contributed by atoms with Crippen LogP contribution in [0.1, 0.15) is 28.2 Å². The monoisotopic (exact) mass is 389 g/mol. The third-order valence-electron chi connectivity index (χ3n) is 4.09. The zero-order valence-corrected chi connectivity index (χ0v) is 16.3. The summed E-state index contributed by atoms with van der Waals surface area (Å²) in [6, 6.07) is 9.88. The van der Waals surface area contributed by atoms with Gasteiger partial charge < -0.3 is 15.1 Å². The van der Waals surface area contributed by atoms with E-state index >= 15 is 0 Å². The van der Waals surface area contributed by atoms with Crippen molar-refractivity contribution < 1.29 is 9.21 Å².